The van der Waals surface area contributed by atoms with Gasteiger partial charge >= 0.3 is 0 Å². The third-order valence-electron chi connectivity index (χ3n) is 4.99. The second kappa shape index (κ2) is 9.01. The van der Waals surface area contributed by atoms with Gasteiger partial charge in [0.2, 0.25) is 0 Å². The normalized spacial score (nSPS) is 35.2. The number of alkyl halides is 9. The number of rotatable bonds is 3. The van der Waals surface area contributed by atoms with E-state index in [0.29, 0.717) is 0 Å². The first-order valence-electron chi connectivity index (χ1n) is 7.88. The molecule has 3 unspecified atom stereocenters. The second-order valence-corrected chi connectivity index (χ2v) is 20.6. The van der Waals surface area contributed by atoms with E-state index in [-0.39, 0.29) is 0 Å². The highest BCUT2D eigenvalue weighted by atomic mass is 79.9. The topological polar surface area (TPSA) is 9.23 Å². The van der Waals surface area contributed by atoms with Gasteiger partial charge in [0.25, 0.3) is 0 Å². The van der Waals surface area contributed by atoms with Crippen molar-refractivity contribution in [3.05, 3.63) is 71.8 Å². The Morgan fingerprint density at radius 3 is 1.24 bits per heavy atom. The number of halogens is 10. The zero-order valence-corrected chi connectivity index (χ0v) is 29.8. The molecule has 1 nitrogen and oxygen atoms in total. The molecule has 0 radical (unpaired) electrons. The Morgan fingerprint density at radius 2 is 0.862 bits per heavy atom. The van der Waals surface area contributed by atoms with Gasteiger partial charge in [-0.15, -0.1) is 0 Å². The molecule has 0 heterocycles. The molecule has 0 bridgehead atoms. The minimum Gasteiger partial charge on any atom is -0.285 e. The van der Waals surface area contributed by atoms with Gasteiger partial charge in [0.15, 0.2) is 4.51 Å². The highest BCUT2D eigenvalue weighted by Crippen LogP contribution is 2.84. The lowest BCUT2D eigenvalue weighted by Gasteiger charge is -2.68. The van der Waals surface area contributed by atoms with Crippen molar-refractivity contribution in [3.63, 3.8) is 0 Å². The van der Waals surface area contributed by atoms with E-state index in [9.17, 15) is 0 Å². The molecular formula is C18H10Br10O. The lowest BCUT2D eigenvalue weighted by Crippen LogP contribution is -2.79. The Bertz CT molecular complexity index is 890. The minimum absolute atomic E-state index is 0.837. The molecule has 158 valence electrons. The lowest BCUT2D eigenvalue weighted by atomic mass is 9.69. The van der Waals surface area contributed by atoms with Crippen LogP contribution in [-0.4, -0.2) is 14.2 Å². The molecule has 0 aliphatic heterocycles. The third kappa shape index (κ3) is 3.42. The average Bonchev–Trinajstić information content (AvgIpc) is 2.71. The van der Waals surface area contributed by atoms with Gasteiger partial charge in [-0.25, -0.2) is 0 Å². The SMILES string of the molecule is BrOC1(Br)C(Br)(Br)C(Br)(Br)C(Br)(Br)C(Br)(c2ccccc2)C1(Br)c1ccccc1. The van der Waals surface area contributed by atoms with E-state index >= 15 is 0 Å². The van der Waals surface area contributed by atoms with E-state index in [0.717, 1.165) is 11.1 Å². The molecule has 0 amide bonds. The Labute approximate surface area is 254 Å². The molecular weight excluding hydrogens is 1030 g/mol. The third-order valence-corrected chi connectivity index (χ3v) is 25.0. The minimum atomic E-state index is -1.12. The van der Waals surface area contributed by atoms with Crippen LogP contribution in [0.3, 0.4) is 0 Å². The summed E-state index contributed by atoms with van der Waals surface area (Å²) >= 11 is 39.1. The van der Waals surface area contributed by atoms with Crippen LogP contribution in [0.4, 0.5) is 0 Å². The van der Waals surface area contributed by atoms with Crippen molar-refractivity contribution in [1.29, 1.82) is 0 Å². The van der Waals surface area contributed by atoms with Crippen LogP contribution in [0.1, 0.15) is 11.1 Å². The van der Waals surface area contributed by atoms with Crippen LogP contribution in [0.2, 0.25) is 0 Å². The molecule has 1 aliphatic rings. The standard InChI is InChI=1S/C18H10Br10O/c19-13(11-7-3-1-4-8-11)14(20,12-9-5-2-6-10-12)18(27,29-28)17(25,26)16(23,24)15(13,21)22/h1-10H. The van der Waals surface area contributed by atoms with Gasteiger partial charge in [-0.3, -0.25) is 3.83 Å². The fourth-order valence-electron chi connectivity index (χ4n) is 3.47. The number of hydrogen-bond acceptors (Lipinski definition) is 1. The summed E-state index contributed by atoms with van der Waals surface area (Å²) < 4.78 is 0.569. The highest BCUT2D eigenvalue weighted by molar-refractivity contribution is 9.33. The van der Waals surface area contributed by atoms with Gasteiger partial charge in [0.1, 0.15) is 34.6 Å². The smallest absolute Gasteiger partial charge is 0.185 e. The van der Waals surface area contributed by atoms with Crippen LogP contribution in [0.15, 0.2) is 60.7 Å². The molecule has 29 heavy (non-hydrogen) atoms. The van der Waals surface area contributed by atoms with Crippen LogP contribution < -0.4 is 0 Å². The first-order chi connectivity index (χ1) is 13.3. The lowest BCUT2D eigenvalue weighted by molar-refractivity contribution is 0.0986. The fraction of sp³-hybridized carbons (Fsp3) is 0.333. The summed E-state index contributed by atoms with van der Waals surface area (Å²) in [6, 6.07) is 20.2. The summed E-state index contributed by atoms with van der Waals surface area (Å²) in [5.41, 5.74) is 1.97. The van der Waals surface area contributed by atoms with Gasteiger partial charge < -0.3 is 0 Å². The van der Waals surface area contributed by atoms with Crippen LogP contribution >= 0.6 is 160 Å². The van der Waals surface area contributed by atoms with Crippen LogP contribution in [0.25, 0.3) is 0 Å². The van der Waals surface area contributed by atoms with Gasteiger partial charge in [-0.1, -0.05) is 188 Å². The number of hydrogen-bond donors (Lipinski definition) is 0. The largest absolute Gasteiger partial charge is 0.285 e. The predicted octanol–water partition coefficient (Wildman–Crippen LogP) is 10.5. The van der Waals surface area contributed by atoms with Crippen molar-refractivity contribution in [2.45, 2.75) is 22.9 Å². The number of benzene rings is 2. The summed E-state index contributed by atoms with van der Waals surface area (Å²) in [7, 11) is 0. The predicted molar refractivity (Wildman–Crippen MR) is 158 cm³/mol. The van der Waals surface area contributed by atoms with E-state index in [1.165, 1.54) is 0 Å². The van der Waals surface area contributed by atoms with Crippen LogP contribution in [-0.2, 0) is 12.5 Å². The molecule has 0 spiro atoms. The molecule has 1 fully saturated rings. The molecule has 0 N–H and O–H groups in total. The maximum atomic E-state index is 6.07. The molecule has 0 aromatic heterocycles. The molecule has 2 aromatic carbocycles. The van der Waals surface area contributed by atoms with Gasteiger partial charge in [-0.2, -0.15) is 0 Å². The Balaban J connectivity index is 2.55. The monoisotopic (exact) mass is 1030 g/mol. The first kappa shape index (κ1) is 26.8. The molecule has 3 rings (SSSR count). The average molecular weight is 1040 g/mol. The Morgan fingerprint density at radius 1 is 0.483 bits per heavy atom. The van der Waals surface area contributed by atoms with E-state index in [1.54, 1.807) is 0 Å². The summed E-state index contributed by atoms with van der Waals surface area (Å²) in [6.07, 6.45) is 0. The van der Waals surface area contributed by atoms with Gasteiger partial charge in [0.05, 0.1) is 0 Å². The van der Waals surface area contributed by atoms with Gasteiger partial charge in [0, 0.05) is 0 Å². The van der Waals surface area contributed by atoms with E-state index < -0.39 is 22.9 Å². The van der Waals surface area contributed by atoms with E-state index in [4.69, 9.17) is 3.83 Å². The van der Waals surface area contributed by atoms with Crippen LogP contribution in [0.5, 0.6) is 0 Å². The van der Waals surface area contributed by atoms with Crippen molar-refractivity contribution in [2.75, 3.05) is 0 Å². The molecule has 3 atom stereocenters. The highest BCUT2D eigenvalue weighted by Gasteiger charge is 2.86. The van der Waals surface area contributed by atoms with E-state index in [2.05, 4.69) is 184 Å². The zero-order chi connectivity index (χ0) is 21.9. The van der Waals surface area contributed by atoms with Crippen molar-refractivity contribution >= 4 is 160 Å². The quantitative estimate of drug-likeness (QED) is 0.279. The summed E-state index contributed by atoms with van der Waals surface area (Å²) in [5.74, 6) is 0. The van der Waals surface area contributed by atoms with Crippen LogP contribution in [0, 0.1) is 0 Å². The molecule has 1 saturated carbocycles. The summed E-state index contributed by atoms with van der Waals surface area (Å²) in [6.45, 7) is 0. The maximum absolute atomic E-state index is 6.07. The molecule has 0 saturated heterocycles. The zero-order valence-electron chi connectivity index (χ0n) is 14.0. The maximum Gasteiger partial charge on any atom is 0.185 e. The van der Waals surface area contributed by atoms with Crippen molar-refractivity contribution in [2.24, 2.45) is 0 Å². The molecule has 2 aromatic rings. The van der Waals surface area contributed by atoms with Gasteiger partial charge in [-0.05, 0) is 27.1 Å². The van der Waals surface area contributed by atoms with E-state index in [1.807, 2.05) is 36.4 Å². The second-order valence-electron chi connectivity index (χ2n) is 6.44. The molecule has 11 heteroatoms. The Hall–Kier alpha value is 3.20. The summed E-state index contributed by atoms with van der Waals surface area (Å²) in [4.78, 5) is 0. The first-order valence-corrected chi connectivity index (χ1v) is 15.7. The van der Waals surface area contributed by atoms with Crippen molar-refractivity contribution in [3.8, 4) is 0 Å². The Kier molecular flexibility index (Phi) is 8.33. The van der Waals surface area contributed by atoms with Crippen molar-refractivity contribution < 1.29 is 3.83 Å². The molecule has 1 aliphatic carbocycles. The van der Waals surface area contributed by atoms with Crippen molar-refractivity contribution in [1.82, 2.24) is 0 Å². The fourth-order valence-corrected chi connectivity index (χ4v) is 15.3. The summed E-state index contributed by atoms with van der Waals surface area (Å²) in [5, 5.41) is 0.